The van der Waals surface area contributed by atoms with E-state index in [4.69, 9.17) is 9.47 Å². The summed E-state index contributed by atoms with van der Waals surface area (Å²) >= 11 is 0. The van der Waals surface area contributed by atoms with E-state index in [-0.39, 0.29) is 30.4 Å². The van der Waals surface area contributed by atoms with Crippen LogP contribution in [-0.2, 0) is 16.1 Å². The van der Waals surface area contributed by atoms with Crippen molar-refractivity contribution in [1.82, 2.24) is 10.3 Å². The van der Waals surface area contributed by atoms with Crippen molar-refractivity contribution >= 4 is 17.4 Å². The smallest absolute Gasteiger partial charge is 0.310 e. The topological polar surface area (TPSA) is 107 Å². The number of carbonyl (C=O) groups excluding carboxylic acids is 1. The normalized spacial score (nSPS) is 13.8. The lowest BCUT2D eigenvalue weighted by Gasteiger charge is -2.29. The Bertz CT molecular complexity index is 868. The number of aromatic nitrogens is 1. The van der Waals surface area contributed by atoms with Gasteiger partial charge in [0.25, 0.3) is 0 Å². The lowest BCUT2D eigenvalue weighted by atomic mass is 10.2. The van der Waals surface area contributed by atoms with E-state index < -0.39 is 4.92 Å². The first-order valence-electron chi connectivity index (χ1n) is 9.45. The fraction of sp³-hybridized carbons (Fsp3) is 0.400. The van der Waals surface area contributed by atoms with Gasteiger partial charge in [0, 0.05) is 37.5 Å². The summed E-state index contributed by atoms with van der Waals surface area (Å²) in [6.45, 7) is 5.07. The molecule has 1 amide bonds. The van der Waals surface area contributed by atoms with Gasteiger partial charge in [-0.1, -0.05) is 12.1 Å². The number of nitro groups is 1. The highest BCUT2D eigenvalue weighted by atomic mass is 16.6. The maximum Gasteiger partial charge on any atom is 0.310 e. The highest BCUT2D eigenvalue weighted by Crippen LogP contribution is 2.27. The fourth-order valence-corrected chi connectivity index (χ4v) is 3.05. The van der Waals surface area contributed by atoms with Crippen LogP contribution in [0.5, 0.6) is 5.75 Å². The molecule has 0 spiro atoms. The Labute approximate surface area is 168 Å². The predicted molar refractivity (Wildman–Crippen MR) is 107 cm³/mol. The summed E-state index contributed by atoms with van der Waals surface area (Å²) in [7, 11) is 0. The zero-order chi connectivity index (χ0) is 20.6. The van der Waals surface area contributed by atoms with E-state index in [0.717, 1.165) is 30.0 Å². The molecule has 0 atom stereocenters. The van der Waals surface area contributed by atoms with Gasteiger partial charge < -0.3 is 19.7 Å². The van der Waals surface area contributed by atoms with Crippen molar-refractivity contribution in [3.63, 3.8) is 0 Å². The zero-order valence-electron chi connectivity index (χ0n) is 16.3. The summed E-state index contributed by atoms with van der Waals surface area (Å²) in [5.74, 6) is 0.824. The van der Waals surface area contributed by atoms with Gasteiger partial charge >= 0.3 is 5.69 Å². The SMILES string of the molecule is Cc1ccc([N+](=O)[O-])c(OCCC(=O)NCc2cccnc2N2CCOCC2)c1. The minimum absolute atomic E-state index is 0.0550. The van der Waals surface area contributed by atoms with Gasteiger partial charge in [-0.15, -0.1) is 0 Å². The van der Waals surface area contributed by atoms with Crippen LogP contribution in [0.3, 0.4) is 0 Å². The van der Waals surface area contributed by atoms with E-state index in [1.165, 1.54) is 6.07 Å². The van der Waals surface area contributed by atoms with E-state index in [2.05, 4.69) is 15.2 Å². The fourth-order valence-electron chi connectivity index (χ4n) is 3.05. The zero-order valence-corrected chi connectivity index (χ0v) is 16.3. The van der Waals surface area contributed by atoms with Gasteiger partial charge in [0.1, 0.15) is 5.82 Å². The van der Waals surface area contributed by atoms with E-state index in [0.29, 0.717) is 19.8 Å². The third-order valence-corrected chi connectivity index (χ3v) is 4.55. The monoisotopic (exact) mass is 400 g/mol. The molecule has 1 aromatic heterocycles. The summed E-state index contributed by atoms with van der Waals surface area (Å²) in [5.41, 5.74) is 1.67. The summed E-state index contributed by atoms with van der Waals surface area (Å²) in [6.07, 6.45) is 1.83. The number of benzene rings is 1. The molecule has 1 N–H and O–H groups in total. The summed E-state index contributed by atoms with van der Waals surface area (Å²) in [6, 6.07) is 8.42. The molecule has 1 fully saturated rings. The Hall–Kier alpha value is -3.20. The van der Waals surface area contributed by atoms with Crippen molar-refractivity contribution in [3.05, 3.63) is 57.8 Å². The van der Waals surface area contributed by atoms with Gasteiger partial charge in [0.05, 0.1) is 31.2 Å². The number of hydrogen-bond acceptors (Lipinski definition) is 7. The standard InChI is InChI=1S/C20H24N4O5/c1-15-4-5-17(24(26)27)18(13-15)29-10-6-19(25)22-14-16-3-2-7-21-20(16)23-8-11-28-12-9-23/h2-5,7,13H,6,8-12,14H2,1H3,(H,22,25). The first kappa shape index (κ1) is 20.5. The number of amides is 1. The van der Waals surface area contributed by atoms with Crippen LogP contribution in [-0.4, -0.2) is 48.7 Å². The van der Waals surface area contributed by atoms with Crippen molar-refractivity contribution < 1.29 is 19.2 Å². The predicted octanol–water partition coefficient (Wildman–Crippen LogP) is 2.22. The first-order chi connectivity index (χ1) is 14.0. The summed E-state index contributed by atoms with van der Waals surface area (Å²) in [4.78, 5) is 29.4. The number of aryl methyl sites for hydroxylation is 1. The Balaban J connectivity index is 1.51. The number of nitro benzene ring substituents is 1. The van der Waals surface area contributed by atoms with Crippen molar-refractivity contribution in [1.29, 1.82) is 0 Å². The Morgan fingerprint density at radius 2 is 2.14 bits per heavy atom. The molecule has 3 rings (SSSR count). The molecule has 1 aliphatic heterocycles. The second-order valence-corrected chi connectivity index (χ2v) is 6.69. The number of hydrogen-bond donors (Lipinski definition) is 1. The maximum atomic E-state index is 12.2. The van der Waals surface area contributed by atoms with E-state index >= 15 is 0 Å². The van der Waals surface area contributed by atoms with Gasteiger partial charge in [0.2, 0.25) is 5.91 Å². The van der Waals surface area contributed by atoms with E-state index in [1.807, 2.05) is 19.1 Å². The quantitative estimate of drug-likeness (QED) is 0.535. The van der Waals surface area contributed by atoms with Crippen LogP contribution >= 0.6 is 0 Å². The lowest BCUT2D eigenvalue weighted by Crippen LogP contribution is -2.38. The Kier molecular flexibility index (Phi) is 6.96. The largest absolute Gasteiger partial charge is 0.486 e. The number of morpholine rings is 1. The molecule has 1 aromatic carbocycles. The number of anilines is 1. The van der Waals surface area contributed by atoms with Crippen molar-refractivity contribution in [3.8, 4) is 5.75 Å². The summed E-state index contributed by atoms with van der Waals surface area (Å²) in [5, 5.41) is 13.9. The molecule has 29 heavy (non-hydrogen) atoms. The third kappa shape index (κ3) is 5.64. The van der Waals surface area contributed by atoms with Crippen LogP contribution < -0.4 is 15.0 Å². The first-order valence-corrected chi connectivity index (χ1v) is 9.45. The molecule has 1 saturated heterocycles. The van der Waals surface area contributed by atoms with Gasteiger partial charge in [-0.2, -0.15) is 0 Å². The second kappa shape index (κ2) is 9.83. The van der Waals surface area contributed by atoms with Crippen LogP contribution in [0.4, 0.5) is 11.5 Å². The minimum Gasteiger partial charge on any atom is -0.486 e. The van der Waals surface area contributed by atoms with Crippen molar-refractivity contribution in [2.45, 2.75) is 19.9 Å². The highest BCUT2D eigenvalue weighted by Gasteiger charge is 2.17. The van der Waals surface area contributed by atoms with Gasteiger partial charge in [-0.3, -0.25) is 14.9 Å². The van der Waals surface area contributed by atoms with Crippen LogP contribution in [0.25, 0.3) is 0 Å². The number of carbonyl (C=O) groups is 1. The summed E-state index contributed by atoms with van der Waals surface area (Å²) < 4.78 is 10.9. The van der Waals surface area contributed by atoms with Crippen LogP contribution in [0, 0.1) is 17.0 Å². The molecule has 9 heteroatoms. The molecular formula is C20H24N4O5. The van der Waals surface area contributed by atoms with E-state index in [1.54, 1.807) is 18.3 Å². The lowest BCUT2D eigenvalue weighted by molar-refractivity contribution is -0.385. The van der Waals surface area contributed by atoms with E-state index in [9.17, 15) is 14.9 Å². The van der Waals surface area contributed by atoms with Gasteiger partial charge in [0.15, 0.2) is 5.75 Å². The molecule has 2 aromatic rings. The molecule has 0 bridgehead atoms. The van der Waals surface area contributed by atoms with Gasteiger partial charge in [-0.25, -0.2) is 4.98 Å². The molecule has 0 aliphatic carbocycles. The maximum absolute atomic E-state index is 12.2. The Morgan fingerprint density at radius 1 is 1.34 bits per heavy atom. The second-order valence-electron chi connectivity index (χ2n) is 6.69. The molecule has 0 saturated carbocycles. The van der Waals surface area contributed by atoms with Crippen molar-refractivity contribution in [2.75, 3.05) is 37.8 Å². The molecule has 2 heterocycles. The average molecular weight is 400 g/mol. The van der Waals surface area contributed by atoms with Crippen LogP contribution in [0.15, 0.2) is 36.5 Å². The van der Waals surface area contributed by atoms with Crippen molar-refractivity contribution in [2.24, 2.45) is 0 Å². The van der Waals surface area contributed by atoms with Crippen LogP contribution in [0.2, 0.25) is 0 Å². The Morgan fingerprint density at radius 3 is 2.90 bits per heavy atom. The number of nitrogens with one attached hydrogen (secondary N) is 1. The van der Waals surface area contributed by atoms with Gasteiger partial charge in [-0.05, 0) is 24.6 Å². The third-order valence-electron chi connectivity index (χ3n) is 4.55. The number of nitrogens with zero attached hydrogens (tertiary/aromatic N) is 3. The number of pyridine rings is 1. The van der Waals surface area contributed by atoms with Crippen LogP contribution in [0.1, 0.15) is 17.5 Å². The molecule has 0 radical (unpaired) electrons. The molecular weight excluding hydrogens is 376 g/mol. The number of ether oxygens (including phenoxy) is 2. The molecule has 154 valence electrons. The molecule has 1 aliphatic rings. The minimum atomic E-state index is -0.496. The molecule has 9 nitrogen and oxygen atoms in total. The average Bonchev–Trinajstić information content (AvgIpc) is 2.73. The number of rotatable bonds is 8. The molecule has 0 unspecified atom stereocenters. The highest BCUT2D eigenvalue weighted by molar-refractivity contribution is 5.76.